The van der Waals surface area contributed by atoms with Crippen molar-refractivity contribution in [3.63, 3.8) is 0 Å². The van der Waals surface area contributed by atoms with Crippen LogP contribution in [-0.4, -0.2) is 36.1 Å². The van der Waals surface area contributed by atoms with Crippen molar-refractivity contribution in [3.05, 3.63) is 35.9 Å². The summed E-state index contributed by atoms with van der Waals surface area (Å²) in [7, 11) is 0. The molecule has 2 aliphatic carbocycles. The van der Waals surface area contributed by atoms with E-state index in [2.05, 4.69) is 47.5 Å². The van der Waals surface area contributed by atoms with Crippen LogP contribution in [0.4, 0.5) is 0 Å². The smallest absolute Gasteiger partial charge is 0.224 e. The summed E-state index contributed by atoms with van der Waals surface area (Å²) in [5, 5.41) is 3.77. The molecule has 30 heavy (non-hydrogen) atoms. The van der Waals surface area contributed by atoms with Crippen molar-refractivity contribution in [2.24, 2.45) is 17.1 Å². The lowest BCUT2D eigenvalue weighted by Crippen LogP contribution is -2.62. The maximum absolute atomic E-state index is 12.9. The largest absolute Gasteiger partial charge is 0.369 e. The van der Waals surface area contributed by atoms with Crippen LogP contribution >= 0.6 is 0 Å². The van der Waals surface area contributed by atoms with Gasteiger partial charge < -0.3 is 11.1 Å². The van der Waals surface area contributed by atoms with Gasteiger partial charge in [-0.25, -0.2) is 0 Å². The van der Waals surface area contributed by atoms with E-state index in [1.54, 1.807) is 0 Å². The van der Waals surface area contributed by atoms with E-state index >= 15 is 0 Å². The van der Waals surface area contributed by atoms with Crippen molar-refractivity contribution >= 4 is 5.91 Å². The van der Waals surface area contributed by atoms with Crippen LogP contribution in [0.3, 0.4) is 0 Å². The van der Waals surface area contributed by atoms with Gasteiger partial charge in [-0.2, -0.15) is 0 Å². The number of carbonyl (C=O) groups is 1. The summed E-state index contributed by atoms with van der Waals surface area (Å²) in [6, 6.07) is 11.7. The van der Waals surface area contributed by atoms with Gasteiger partial charge in [-0.05, 0) is 62.5 Å². The fourth-order valence-electron chi connectivity index (χ4n) is 6.92. The molecule has 0 bridgehead atoms. The summed E-state index contributed by atoms with van der Waals surface area (Å²) < 4.78 is 0. The molecule has 4 rings (SSSR count). The molecule has 166 valence electrons. The van der Waals surface area contributed by atoms with E-state index in [9.17, 15) is 4.79 Å². The molecule has 4 atom stereocenters. The topological polar surface area (TPSA) is 58.4 Å². The number of hydrogen-bond acceptors (Lipinski definition) is 3. The van der Waals surface area contributed by atoms with E-state index in [0.717, 1.165) is 25.9 Å². The first kappa shape index (κ1) is 21.8. The molecule has 4 unspecified atom stereocenters. The van der Waals surface area contributed by atoms with Gasteiger partial charge in [0, 0.05) is 12.6 Å². The molecule has 1 heterocycles. The number of nitrogens with one attached hydrogen (secondary N) is 1. The molecule has 1 saturated heterocycles. The van der Waals surface area contributed by atoms with Crippen LogP contribution in [0, 0.1) is 11.3 Å². The van der Waals surface area contributed by atoms with Crippen molar-refractivity contribution < 1.29 is 4.79 Å². The van der Waals surface area contributed by atoms with Crippen molar-refractivity contribution in [1.29, 1.82) is 0 Å². The monoisotopic (exact) mass is 411 g/mol. The molecule has 4 heteroatoms. The Morgan fingerprint density at radius 1 is 1.07 bits per heavy atom. The van der Waals surface area contributed by atoms with Crippen LogP contribution in [0.1, 0.15) is 89.0 Å². The molecule has 4 nitrogen and oxygen atoms in total. The van der Waals surface area contributed by atoms with Gasteiger partial charge in [0.25, 0.3) is 0 Å². The van der Waals surface area contributed by atoms with E-state index in [0.29, 0.717) is 17.9 Å². The highest BCUT2D eigenvalue weighted by atomic mass is 16.1. The van der Waals surface area contributed by atoms with E-state index in [4.69, 9.17) is 5.73 Å². The Morgan fingerprint density at radius 2 is 1.77 bits per heavy atom. The predicted octanol–water partition coefficient (Wildman–Crippen LogP) is 4.80. The van der Waals surface area contributed by atoms with Crippen molar-refractivity contribution in [3.8, 4) is 0 Å². The minimum atomic E-state index is -0.319. The molecule has 2 saturated carbocycles. The molecule has 0 aromatic heterocycles. The first-order chi connectivity index (χ1) is 14.7. The SMILES string of the molecule is CCNC1CC(C(N)=O)(C2CCCCC2)CCN1C1CCCCC1c1ccccc1. The fourth-order valence-corrected chi connectivity index (χ4v) is 6.92. The number of likely N-dealkylation sites (tertiary alicyclic amines) is 1. The summed E-state index contributed by atoms with van der Waals surface area (Å²) in [5.74, 6) is 1.03. The summed E-state index contributed by atoms with van der Waals surface area (Å²) in [4.78, 5) is 15.6. The Bertz CT molecular complexity index is 687. The van der Waals surface area contributed by atoms with E-state index in [1.165, 1.54) is 63.4 Å². The molecular weight excluding hydrogens is 370 g/mol. The molecule has 0 spiro atoms. The first-order valence-electron chi connectivity index (χ1n) is 12.5. The Labute approximate surface area is 183 Å². The second-order valence-electron chi connectivity index (χ2n) is 9.99. The zero-order valence-corrected chi connectivity index (χ0v) is 18.8. The number of primary amides is 1. The van der Waals surface area contributed by atoms with Crippen molar-refractivity contribution in [2.75, 3.05) is 13.1 Å². The molecule has 1 aromatic rings. The van der Waals surface area contributed by atoms with Crippen molar-refractivity contribution in [2.45, 2.75) is 95.7 Å². The Hall–Kier alpha value is -1.39. The first-order valence-corrected chi connectivity index (χ1v) is 12.5. The third kappa shape index (κ3) is 4.31. The molecule has 3 N–H and O–H groups in total. The fraction of sp³-hybridized carbons (Fsp3) is 0.731. The highest BCUT2D eigenvalue weighted by Gasteiger charge is 2.51. The number of benzene rings is 1. The van der Waals surface area contributed by atoms with Gasteiger partial charge in [0.1, 0.15) is 0 Å². The number of nitrogens with two attached hydrogens (primary N) is 1. The van der Waals surface area contributed by atoms with E-state index in [-0.39, 0.29) is 17.5 Å². The van der Waals surface area contributed by atoms with Gasteiger partial charge in [-0.1, -0.05) is 69.4 Å². The lowest BCUT2D eigenvalue weighted by Gasteiger charge is -2.53. The maximum Gasteiger partial charge on any atom is 0.224 e. The minimum Gasteiger partial charge on any atom is -0.369 e. The highest BCUT2D eigenvalue weighted by Crippen LogP contribution is 2.49. The van der Waals surface area contributed by atoms with Gasteiger partial charge in [0.2, 0.25) is 5.91 Å². The highest BCUT2D eigenvalue weighted by molar-refractivity contribution is 5.81. The second-order valence-corrected chi connectivity index (χ2v) is 9.99. The molecule has 3 fully saturated rings. The van der Waals surface area contributed by atoms with Crippen LogP contribution < -0.4 is 11.1 Å². The molecular formula is C26H41N3O. The van der Waals surface area contributed by atoms with Crippen LogP contribution in [0.25, 0.3) is 0 Å². The third-order valence-electron chi connectivity index (χ3n) is 8.47. The molecule has 3 aliphatic rings. The minimum absolute atomic E-state index is 0.0415. The Balaban J connectivity index is 1.58. The number of piperidine rings is 1. The predicted molar refractivity (Wildman–Crippen MR) is 123 cm³/mol. The van der Waals surface area contributed by atoms with Gasteiger partial charge >= 0.3 is 0 Å². The molecule has 1 aliphatic heterocycles. The summed E-state index contributed by atoms with van der Waals surface area (Å²) in [6.45, 7) is 4.11. The van der Waals surface area contributed by atoms with Gasteiger partial charge in [-0.3, -0.25) is 9.69 Å². The average Bonchev–Trinajstić information content (AvgIpc) is 2.80. The van der Waals surface area contributed by atoms with E-state index in [1.807, 2.05) is 0 Å². The zero-order chi connectivity index (χ0) is 21.0. The van der Waals surface area contributed by atoms with Crippen LogP contribution in [-0.2, 0) is 4.79 Å². The Kier molecular flexibility index (Phi) is 7.15. The summed E-state index contributed by atoms with van der Waals surface area (Å²) in [5.41, 5.74) is 7.31. The van der Waals surface area contributed by atoms with Gasteiger partial charge in [-0.15, -0.1) is 0 Å². The molecule has 1 aromatic carbocycles. The molecule has 1 amide bonds. The second kappa shape index (κ2) is 9.82. The Morgan fingerprint density at radius 3 is 2.47 bits per heavy atom. The normalized spacial score (nSPS) is 34.0. The third-order valence-corrected chi connectivity index (χ3v) is 8.47. The number of nitrogens with zero attached hydrogens (tertiary/aromatic N) is 1. The quantitative estimate of drug-likeness (QED) is 0.707. The number of rotatable bonds is 6. The number of hydrogen-bond donors (Lipinski definition) is 2. The lowest BCUT2D eigenvalue weighted by molar-refractivity contribution is -0.140. The van der Waals surface area contributed by atoms with E-state index < -0.39 is 0 Å². The molecule has 0 radical (unpaired) electrons. The number of amides is 1. The maximum atomic E-state index is 12.9. The van der Waals surface area contributed by atoms with Crippen molar-refractivity contribution in [1.82, 2.24) is 10.2 Å². The van der Waals surface area contributed by atoms with Crippen LogP contribution in [0.2, 0.25) is 0 Å². The van der Waals surface area contributed by atoms with Crippen LogP contribution in [0.15, 0.2) is 30.3 Å². The zero-order valence-electron chi connectivity index (χ0n) is 18.8. The van der Waals surface area contributed by atoms with Gasteiger partial charge in [0.15, 0.2) is 0 Å². The standard InChI is InChI=1S/C26H41N3O/c1-2-28-24-19-26(25(27)30,21-13-7-4-8-14-21)17-18-29(24)23-16-10-9-15-22(23)20-11-5-3-6-12-20/h3,5-6,11-12,21-24,28H,2,4,7-10,13-19H2,1H3,(H2,27,30). The lowest BCUT2D eigenvalue weighted by atomic mass is 9.62. The summed E-state index contributed by atoms with van der Waals surface area (Å²) >= 11 is 0. The number of carbonyl (C=O) groups excluding carboxylic acids is 1. The average molecular weight is 412 g/mol. The summed E-state index contributed by atoms with van der Waals surface area (Å²) in [6.07, 6.45) is 13.4. The van der Waals surface area contributed by atoms with Gasteiger partial charge in [0.05, 0.1) is 11.6 Å². The van der Waals surface area contributed by atoms with Crippen LogP contribution in [0.5, 0.6) is 0 Å².